The van der Waals surface area contributed by atoms with E-state index in [-0.39, 0.29) is 11.2 Å². The van der Waals surface area contributed by atoms with Crippen molar-refractivity contribution < 1.29 is 4.79 Å². The maximum absolute atomic E-state index is 12.7. The molecule has 0 unspecified atom stereocenters. The standard InChI is InChI=1S/C16H20N4OS2/c1-4-11-17-15-18-19-16(23-15)22-12(3)14(21)20(5-2)13-9-7-6-8-10-13/h4,6-10,12H,1,5,11H2,2-3H3,(H,17,18)/t12-/m1/s1. The van der Waals surface area contributed by atoms with E-state index in [0.717, 1.165) is 15.2 Å². The summed E-state index contributed by atoms with van der Waals surface area (Å²) in [6, 6.07) is 9.71. The number of anilines is 2. The minimum Gasteiger partial charge on any atom is -0.357 e. The predicted molar refractivity (Wildman–Crippen MR) is 98.4 cm³/mol. The van der Waals surface area contributed by atoms with Crippen LogP contribution in [0, 0.1) is 0 Å². The molecule has 0 spiro atoms. The zero-order chi connectivity index (χ0) is 16.7. The summed E-state index contributed by atoms with van der Waals surface area (Å²) in [7, 11) is 0. The Labute approximate surface area is 144 Å². The number of carbonyl (C=O) groups is 1. The third kappa shape index (κ3) is 4.80. The van der Waals surface area contributed by atoms with Gasteiger partial charge in [-0.15, -0.1) is 16.8 Å². The Hall–Kier alpha value is -1.86. The first-order valence-corrected chi connectivity index (χ1v) is 9.06. The van der Waals surface area contributed by atoms with Crippen molar-refractivity contribution >= 4 is 39.8 Å². The number of para-hydroxylation sites is 1. The number of nitrogens with zero attached hydrogens (tertiary/aromatic N) is 3. The first-order valence-electron chi connectivity index (χ1n) is 7.37. The van der Waals surface area contributed by atoms with Crippen molar-refractivity contribution in [3.63, 3.8) is 0 Å². The van der Waals surface area contributed by atoms with Crippen molar-refractivity contribution in [2.24, 2.45) is 0 Å². The molecule has 122 valence electrons. The van der Waals surface area contributed by atoms with Gasteiger partial charge in [-0.05, 0) is 26.0 Å². The summed E-state index contributed by atoms with van der Waals surface area (Å²) >= 11 is 2.88. The van der Waals surface area contributed by atoms with Gasteiger partial charge in [0.15, 0.2) is 4.34 Å². The fourth-order valence-electron chi connectivity index (χ4n) is 1.98. The lowest BCUT2D eigenvalue weighted by atomic mass is 10.2. The van der Waals surface area contributed by atoms with Crippen LogP contribution in [0.4, 0.5) is 10.8 Å². The summed E-state index contributed by atoms with van der Waals surface area (Å²) in [5, 5.41) is 11.8. The molecule has 1 amide bonds. The molecular weight excluding hydrogens is 328 g/mol. The maximum Gasteiger partial charge on any atom is 0.240 e. The fourth-order valence-corrected chi connectivity index (χ4v) is 3.95. The van der Waals surface area contributed by atoms with E-state index in [4.69, 9.17) is 0 Å². The summed E-state index contributed by atoms with van der Waals surface area (Å²) in [6.07, 6.45) is 1.76. The number of hydrogen-bond acceptors (Lipinski definition) is 6. The highest BCUT2D eigenvalue weighted by Crippen LogP contribution is 2.30. The molecule has 2 rings (SSSR count). The largest absolute Gasteiger partial charge is 0.357 e. The molecule has 1 heterocycles. The van der Waals surface area contributed by atoms with Crippen molar-refractivity contribution in [3.8, 4) is 0 Å². The van der Waals surface area contributed by atoms with Crippen molar-refractivity contribution in [2.45, 2.75) is 23.4 Å². The number of nitrogens with one attached hydrogen (secondary N) is 1. The van der Waals surface area contributed by atoms with Crippen molar-refractivity contribution in [2.75, 3.05) is 23.3 Å². The molecule has 7 heteroatoms. The first-order chi connectivity index (χ1) is 11.2. The van der Waals surface area contributed by atoms with E-state index >= 15 is 0 Å². The number of rotatable bonds is 8. The van der Waals surface area contributed by atoms with E-state index in [9.17, 15) is 4.79 Å². The number of carbonyl (C=O) groups excluding carboxylic acids is 1. The molecule has 0 aliphatic carbocycles. The van der Waals surface area contributed by atoms with Crippen LogP contribution in [-0.2, 0) is 4.79 Å². The zero-order valence-electron chi connectivity index (χ0n) is 13.2. The Bertz CT molecular complexity index is 645. The third-order valence-electron chi connectivity index (χ3n) is 3.08. The predicted octanol–water partition coefficient (Wildman–Crippen LogP) is 3.67. The molecule has 0 aliphatic rings. The Morgan fingerprint density at radius 1 is 1.43 bits per heavy atom. The SMILES string of the molecule is C=CCNc1nnc(S[C@H](C)C(=O)N(CC)c2ccccc2)s1. The molecule has 1 atom stereocenters. The van der Waals surface area contributed by atoms with Crippen LogP contribution >= 0.6 is 23.1 Å². The van der Waals surface area contributed by atoms with Crippen molar-refractivity contribution in [1.29, 1.82) is 0 Å². The van der Waals surface area contributed by atoms with E-state index in [2.05, 4.69) is 22.1 Å². The topological polar surface area (TPSA) is 58.1 Å². The molecule has 1 aromatic carbocycles. The fraction of sp³-hybridized carbons (Fsp3) is 0.312. The van der Waals surface area contributed by atoms with E-state index in [1.54, 1.807) is 11.0 Å². The smallest absolute Gasteiger partial charge is 0.240 e. The van der Waals surface area contributed by atoms with Gasteiger partial charge >= 0.3 is 0 Å². The van der Waals surface area contributed by atoms with Crippen LogP contribution in [0.1, 0.15) is 13.8 Å². The Balaban J connectivity index is 2.01. The van der Waals surface area contributed by atoms with Gasteiger partial charge < -0.3 is 10.2 Å². The number of hydrogen-bond donors (Lipinski definition) is 1. The highest BCUT2D eigenvalue weighted by molar-refractivity contribution is 8.02. The van der Waals surface area contributed by atoms with Crippen molar-refractivity contribution in [1.82, 2.24) is 10.2 Å². The Morgan fingerprint density at radius 2 is 2.17 bits per heavy atom. The molecule has 23 heavy (non-hydrogen) atoms. The first kappa shape index (κ1) is 17.5. The van der Waals surface area contributed by atoms with Crippen molar-refractivity contribution in [3.05, 3.63) is 43.0 Å². The third-order valence-corrected chi connectivity index (χ3v) is 5.13. The normalized spacial score (nSPS) is 11.7. The number of benzene rings is 1. The number of thioether (sulfide) groups is 1. The second-order valence-electron chi connectivity index (χ2n) is 4.72. The molecule has 0 fully saturated rings. The summed E-state index contributed by atoms with van der Waals surface area (Å²) in [5.41, 5.74) is 0.915. The van der Waals surface area contributed by atoms with Gasteiger partial charge in [0.1, 0.15) is 0 Å². The van der Waals surface area contributed by atoms with Crippen LogP contribution in [0.3, 0.4) is 0 Å². The molecule has 2 aromatic rings. The summed E-state index contributed by atoms with van der Waals surface area (Å²) < 4.78 is 0.779. The van der Waals surface area contributed by atoms with Gasteiger partial charge in [-0.3, -0.25) is 4.79 Å². The lowest BCUT2D eigenvalue weighted by Gasteiger charge is -2.23. The van der Waals surface area contributed by atoms with Gasteiger partial charge in [-0.25, -0.2) is 0 Å². The van der Waals surface area contributed by atoms with Crippen LogP contribution in [0.15, 0.2) is 47.3 Å². The van der Waals surface area contributed by atoms with Crippen LogP contribution in [0.5, 0.6) is 0 Å². The van der Waals surface area contributed by atoms with Gasteiger partial charge in [-0.1, -0.05) is 47.4 Å². The van der Waals surface area contributed by atoms with Crippen LogP contribution in [0.25, 0.3) is 0 Å². The minimum atomic E-state index is -0.227. The van der Waals surface area contributed by atoms with Crippen LogP contribution in [-0.4, -0.2) is 34.4 Å². The van der Waals surface area contributed by atoms with Gasteiger partial charge in [0.25, 0.3) is 0 Å². The van der Waals surface area contributed by atoms with Crippen LogP contribution in [0.2, 0.25) is 0 Å². The Kier molecular flexibility index (Phi) is 6.61. The van der Waals surface area contributed by atoms with Gasteiger partial charge in [0.2, 0.25) is 11.0 Å². The lowest BCUT2D eigenvalue weighted by Crippen LogP contribution is -2.36. The average Bonchev–Trinajstić information content (AvgIpc) is 3.02. The Morgan fingerprint density at radius 3 is 2.83 bits per heavy atom. The van der Waals surface area contributed by atoms with Gasteiger partial charge in [0, 0.05) is 18.8 Å². The second-order valence-corrected chi connectivity index (χ2v) is 7.29. The average molecular weight is 348 g/mol. The molecule has 1 N–H and O–H groups in total. The van der Waals surface area contributed by atoms with Gasteiger partial charge in [-0.2, -0.15) is 0 Å². The summed E-state index contributed by atoms with van der Waals surface area (Å²) in [6.45, 7) is 8.81. The molecule has 1 aromatic heterocycles. The molecule has 0 radical (unpaired) electrons. The summed E-state index contributed by atoms with van der Waals surface area (Å²) in [5.74, 6) is 0.0690. The molecular formula is C16H20N4OS2. The minimum absolute atomic E-state index is 0.0690. The zero-order valence-corrected chi connectivity index (χ0v) is 14.9. The highest BCUT2D eigenvalue weighted by Gasteiger charge is 2.23. The van der Waals surface area contributed by atoms with E-state index < -0.39 is 0 Å². The maximum atomic E-state index is 12.7. The van der Waals surface area contributed by atoms with Gasteiger partial charge in [0.05, 0.1) is 5.25 Å². The van der Waals surface area contributed by atoms with E-state index in [1.807, 2.05) is 44.2 Å². The quantitative estimate of drug-likeness (QED) is 0.583. The molecule has 0 bridgehead atoms. The second kappa shape index (κ2) is 8.69. The lowest BCUT2D eigenvalue weighted by molar-refractivity contribution is -0.117. The monoisotopic (exact) mass is 348 g/mol. The molecule has 0 saturated heterocycles. The van der Waals surface area contributed by atoms with Crippen LogP contribution < -0.4 is 10.2 Å². The molecule has 0 aliphatic heterocycles. The number of aromatic nitrogens is 2. The molecule has 0 saturated carbocycles. The van der Waals surface area contributed by atoms with E-state index in [1.165, 1.54) is 23.1 Å². The number of amides is 1. The molecule has 5 nitrogen and oxygen atoms in total. The van der Waals surface area contributed by atoms with E-state index in [0.29, 0.717) is 13.1 Å². The summed E-state index contributed by atoms with van der Waals surface area (Å²) in [4.78, 5) is 14.5. The highest BCUT2D eigenvalue weighted by atomic mass is 32.2.